The van der Waals surface area contributed by atoms with Crippen molar-refractivity contribution in [3.63, 3.8) is 0 Å². The molecule has 1 amide bonds. The van der Waals surface area contributed by atoms with Gasteiger partial charge in [-0.3, -0.25) is 9.59 Å². The molecule has 0 saturated carbocycles. The molecule has 9 heteroatoms. The minimum Gasteiger partial charge on any atom is -0.311 e. The summed E-state index contributed by atoms with van der Waals surface area (Å²) in [5.74, 6) is 0.356. The summed E-state index contributed by atoms with van der Waals surface area (Å²) in [5, 5.41) is 15.5. The van der Waals surface area contributed by atoms with Crippen LogP contribution >= 0.6 is 15.9 Å². The molecule has 1 N–H and O–H groups in total. The molecule has 4 rings (SSSR count). The summed E-state index contributed by atoms with van der Waals surface area (Å²) in [6.45, 7) is 0.667. The van der Waals surface area contributed by atoms with Gasteiger partial charge in [-0.05, 0) is 29.8 Å². The lowest BCUT2D eigenvalue weighted by Gasteiger charge is -2.10. The zero-order valence-corrected chi connectivity index (χ0v) is 16.9. The van der Waals surface area contributed by atoms with Crippen LogP contribution in [0, 0.1) is 0 Å². The summed E-state index contributed by atoms with van der Waals surface area (Å²) >= 11 is 3.45. The average molecular weight is 453 g/mol. The number of benzene rings is 2. The average Bonchev–Trinajstić information content (AvgIpc) is 3.14. The van der Waals surface area contributed by atoms with Crippen molar-refractivity contribution in [3.8, 4) is 0 Å². The zero-order chi connectivity index (χ0) is 20.2. The Morgan fingerprint density at radius 3 is 2.79 bits per heavy atom. The van der Waals surface area contributed by atoms with Crippen molar-refractivity contribution in [3.05, 3.63) is 81.2 Å². The van der Waals surface area contributed by atoms with Crippen molar-refractivity contribution >= 4 is 38.6 Å². The van der Waals surface area contributed by atoms with Crippen molar-refractivity contribution in [1.29, 1.82) is 0 Å². The number of nitrogens with zero attached hydrogens (tertiary/aromatic N) is 5. The van der Waals surface area contributed by atoms with Crippen molar-refractivity contribution in [1.82, 2.24) is 24.8 Å². The highest BCUT2D eigenvalue weighted by Gasteiger charge is 2.10. The second-order valence-electron chi connectivity index (χ2n) is 6.44. The quantitative estimate of drug-likeness (QED) is 0.485. The Morgan fingerprint density at radius 1 is 1.07 bits per heavy atom. The fourth-order valence-corrected chi connectivity index (χ4v) is 3.40. The molecule has 0 aliphatic rings. The lowest BCUT2D eigenvalue weighted by Crippen LogP contribution is -2.27. The molecule has 2 aromatic heterocycles. The van der Waals surface area contributed by atoms with Gasteiger partial charge in [-0.2, -0.15) is 5.10 Å². The highest BCUT2D eigenvalue weighted by atomic mass is 79.9. The van der Waals surface area contributed by atoms with Gasteiger partial charge in [0.2, 0.25) is 5.91 Å². The topological polar surface area (TPSA) is 94.7 Å². The summed E-state index contributed by atoms with van der Waals surface area (Å²) in [6.07, 6.45) is 1.72. The monoisotopic (exact) mass is 452 g/mol. The summed E-state index contributed by atoms with van der Waals surface area (Å²) in [6, 6.07) is 16.6. The molecule has 0 saturated heterocycles. The van der Waals surface area contributed by atoms with Crippen LogP contribution in [0.15, 0.2) is 70.1 Å². The Labute approximate surface area is 174 Å². The molecule has 2 heterocycles. The maximum atomic E-state index is 12.5. The van der Waals surface area contributed by atoms with Gasteiger partial charge in [0.1, 0.15) is 11.3 Å². The van der Waals surface area contributed by atoms with E-state index < -0.39 is 0 Å². The first-order valence-electron chi connectivity index (χ1n) is 8.99. The Bertz CT molecular complexity index is 1230. The van der Waals surface area contributed by atoms with E-state index >= 15 is 0 Å². The van der Waals surface area contributed by atoms with Crippen LogP contribution in [0.3, 0.4) is 0 Å². The van der Waals surface area contributed by atoms with Crippen LogP contribution in [-0.4, -0.2) is 30.7 Å². The second kappa shape index (κ2) is 8.36. The van der Waals surface area contributed by atoms with Gasteiger partial charge in [-0.25, -0.2) is 9.36 Å². The van der Waals surface area contributed by atoms with Crippen molar-refractivity contribution < 1.29 is 4.79 Å². The highest BCUT2D eigenvalue weighted by molar-refractivity contribution is 9.10. The minimum atomic E-state index is -0.261. The third-order valence-corrected chi connectivity index (χ3v) is 4.88. The van der Waals surface area contributed by atoms with Crippen LogP contribution in [0.5, 0.6) is 0 Å². The summed E-state index contributed by atoms with van der Waals surface area (Å²) < 4.78 is 3.90. The van der Waals surface area contributed by atoms with Crippen LogP contribution in [-0.2, 0) is 17.9 Å². The molecule has 0 bridgehead atoms. The molecule has 146 valence electrons. The lowest BCUT2D eigenvalue weighted by atomic mass is 10.2. The number of aromatic nitrogens is 5. The Hall–Kier alpha value is -3.33. The van der Waals surface area contributed by atoms with E-state index in [4.69, 9.17) is 0 Å². The van der Waals surface area contributed by atoms with Crippen LogP contribution < -0.4 is 10.9 Å². The number of aryl methyl sites for hydroxylation is 1. The summed E-state index contributed by atoms with van der Waals surface area (Å²) in [5.41, 5.74) is 1.33. The van der Waals surface area contributed by atoms with E-state index in [0.717, 1.165) is 10.0 Å². The molecule has 0 atom stereocenters. The number of carbonyl (C=O) groups is 1. The predicted molar refractivity (Wildman–Crippen MR) is 113 cm³/mol. The molecule has 0 aliphatic carbocycles. The third-order valence-electron chi connectivity index (χ3n) is 4.39. The smallest absolute Gasteiger partial charge is 0.277 e. The number of rotatable bonds is 6. The van der Waals surface area contributed by atoms with Crippen LogP contribution in [0.4, 0.5) is 5.82 Å². The van der Waals surface area contributed by atoms with Crippen LogP contribution in [0.25, 0.3) is 10.9 Å². The summed E-state index contributed by atoms with van der Waals surface area (Å²) in [7, 11) is 0. The molecule has 0 aliphatic heterocycles. The molecule has 2 aromatic carbocycles. The van der Waals surface area contributed by atoms with E-state index in [1.807, 2.05) is 24.3 Å². The number of halogens is 1. The normalized spacial score (nSPS) is 10.9. The molecule has 0 spiro atoms. The van der Waals surface area contributed by atoms with Gasteiger partial charge in [0, 0.05) is 17.0 Å². The first-order chi connectivity index (χ1) is 14.1. The number of anilines is 1. The fraction of sp³-hybridized carbons (Fsp3) is 0.150. The Balaban J connectivity index is 1.42. The number of fused-ring (bicyclic) bond motifs is 1. The largest absolute Gasteiger partial charge is 0.311 e. The van der Waals surface area contributed by atoms with Crippen molar-refractivity contribution in [2.45, 2.75) is 19.5 Å². The van der Waals surface area contributed by atoms with Crippen LogP contribution in [0.1, 0.15) is 12.0 Å². The first-order valence-corrected chi connectivity index (χ1v) is 9.78. The van der Waals surface area contributed by atoms with E-state index in [9.17, 15) is 9.59 Å². The minimum absolute atomic E-state index is 0.0923. The molecule has 0 unspecified atom stereocenters. The first kappa shape index (κ1) is 19.0. The van der Waals surface area contributed by atoms with Crippen molar-refractivity contribution in [2.24, 2.45) is 0 Å². The van der Waals surface area contributed by atoms with Gasteiger partial charge in [0.05, 0.1) is 24.7 Å². The maximum Gasteiger partial charge on any atom is 0.277 e. The Kier molecular flexibility index (Phi) is 5.48. The van der Waals surface area contributed by atoms with E-state index in [2.05, 4.69) is 36.7 Å². The van der Waals surface area contributed by atoms with Gasteiger partial charge >= 0.3 is 0 Å². The van der Waals surface area contributed by atoms with E-state index in [-0.39, 0.29) is 24.4 Å². The Morgan fingerprint density at radius 2 is 1.93 bits per heavy atom. The lowest BCUT2D eigenvalue weighted by molar-refractivity contribution is -0.116. The zero-order valence-electron chi connectivity index (χ0n) is 15.3. The molecule has 29 heavy (non-hydrogen) atoms. The molecular weight excluding hydrogens is 436 g/mol. The SMILES string of the molecule is O=C(CCn1nnc2ccccc2c1=O)Nc1ccnn1Cc1cccc(Br)c1. The second-order valence-corrected chi connectivity index (χ2v) is 7.35. The number of hydrogen-bond acceptors (Lipinski definition) is 5. The van der Waals surface area contributed by atoms with E-state index in [0.29, 0.717) is 23.3 Å². The highest BCUT2D eigenvalue weighted by Crippen LogP contribution is 2.15. The number of nitrogens with one attached hydrogen (secondary N) is 1. The standard InChI is InChI=1S/C20H17BrN6O2/c21-15-5-3-4-14(12-15)13-27-18(8-10-22-27)23-19(28)9-11-26-20(29)16-6-1-2-7-17(16)24-25-26/h1-8,10,12H,9,11,13H2,(H,23,28). The van der Waals surface area contributed by atoms with Gasteiger partial charge < -0.3 is 5.32 Å². The van der Waals surface area contributed by atoms with Gasteiger partial charge in [-0.15, -0.1) is 5.10 Å². The van der Waals surface area contributed by atoms with E-state index in [1.165, 1.54) is 4.68 Å². The fourth-order valence-electron chi connectivity index (χ4n) is 2.96. The molecule has 0 fully saturated rings. The molecule has 4 aromatic rings. The van der Waals surface area contributed by atoms with Gasteiger partial charge in [0.15, 0.2) is 0 Å². The maximum absolute atomic E-state index is 12.5. The molecular formula is C20H17BrN6O2. The van der Waals surface area contributed by atoms with Gasteiger partial charge in [-0.1, -0.05) is 45.4 Å². The van der Waals surface area contributed by atoms with Crippen molar-refractivity contribution in [2.75, 3.05) is 5.32 Å². The number of carbonyl (C=O) groups excluding carboxylic acids is 1. The molecule has 8 nitrogen and oxygen atoms in total. The van der Waals surface area contributed by atoms with Crippen LogP contribution in [0.2, 0.25) is 0 Å². The number of amides is 1. The van der Waals surface area contributed by atoms with Gasteiger partial charge in [0.25, 0.3) is 5.56 Å². The summed E-state index contributed by atoms with van der Waals surface area (Å²) in [4.78, 5) is 24.8. The third kappa shape index (κ3) is 4.40. The number of hydrogen-bond donors (Lipinski definition) is 1. The predicted octanol–water partition coefficient (Wildman–Crippen LogP) is 2.83. The molecule has 0 radical (unpaired) electrons. The van der Waals surface area contributed by atoms with E-state index in [1.54, 1.807) is 41.2 Å².